The van der Waals surface area contributed by atoms with Crippen LogP contribution in [0.25, 0.3) is 10.2 Å². The van der Waals surface area contributed by atoms with Gasteiger partial charge in [0.2, 0.25) is 5.91 Å². The number of carbonyl (C=O) groups is 1. The summed E-state index contributed by atoms with van der Waals surface area (Å²) in [7, 11) is 0. The van der Waals surface area contributed by atoms with Crippen LogP contribution in [-0.2, 0) is 16.0 Å². The highest BCUT2D eigenvalue weighted by Crippen LogP contribution is 2.22. The van der Waals surface area contributed by atoms with E-state index >= 15 is 0 Å². The highest BCUT2D eigenvalue weighted by atomic mass is 32.1. The molecule has 0 spiro atoms. The third-order valence-corrected chi connectivity index (χ3v) is 5.04. The van der Waals surface area contributed by atoms with Crippen molar-refractivity contribution in [3.05, 3.63) is 29.3 Å². The molecule has 0 bridgehead atoms. The van der Waals surface area contributed by atoms with E-state index in [0.717, 1.165) is 15.2 Å². The molecule has 1 fully saturated rings. The monoisotopic (exact) mass is 320 g/mol. The van der Waals surface area contributed by atoms with Crippen molar-refractivity contribution in [1.82, 2.24) is 10.3 Å². The van der Waals surface area contributed by atoms with E-state index in [1.807, 2.05) is 24.3 Å². The Bertz CT molecular complexity index is 617. The van der Waals surface area contributed by atoms with Crippen LogP contribution in [0.15, 0.2) is 24.3 Å². The highest BCUT2D eigenvalue weighted by Gasteiger charge is 2.29. The molecule has 1 aliphatic rings. The van der Waals surface area contributed by atoms with Crippen molar-refractivity contribution < 1.29 is 14.6 Å². The second-order valence-electron chi connectivity index (χ2n) is 5.69. The van der Waals surface area contributed by atoms with Gasteiger partial charge in [0.25, 0.3) is 0 Å². The standard InChI is InChI=1S/C16H20N2O3S/c19-14(17-11-16(20)7-9-21-10-8-16)5-6-15-18-12-3-1-2-4-13(12)22-15/h1-4,20H,5-11H2,(H,17,19). The fourth-order valence-electron chi connectivity index (χ4n) is 2.53. The van der Waals surface area contributed by atoms with Gasteiger partial charge in [-0.3, -0.25) is 4.79 Å². The first kappa shape index (κ1) is 15.4. The van der Waals surface area contributed by atoms with Gasteiger partial charge in [0, 0.05) is 45.4 Å². The minimum atomic E-state index is -0.816. The predicted octanol–water partition coefficient (Wildman–Crippen LogP) is 1.89. The predicted molar refractivity (Wildman–Crippen MR) is 86.0 cm³/mol. The van der Waals surface area contributed by atoms with Gasteiger partial charge in [-0.1, -0.05) is 12.1 Å². The van der Waals surface area contributed by atoms with Gasteiger partial charge in [-0.25, -0.2) is 4.98 Å². The number of thiazole rings is 1. The second kappa shape index (κ2) is 6.73. The maximum atomic E-state index is 11.9. The number of benzene rings is 1. The number of amides is 1. The lowest BCUT2D eigenvalue weighted by molar-refractivity contribution is -0.123. The number of nitrogens with one attached hydrogen (secondary N) is 1. The summed E-state index contributed by atoms with van der Waals surface area (Å²) < 4.78 is 6.37. The first-order valence-electron chi connectivity index (χ1n) is 7.56. The van der Waals surface area contributed by atoms with E-state index in [-0.39, 0.29) is 5.91 Å². The Morgan fingerprint density at radius 3 is 2.91 bits per heavy atom. The Morgan fingerprint density at radius 2 is 2.14 bits per heavy atom. The molecule has 1 aromatic carbocycles. The third-order valence-electron chi connectivity index (χ3n) is 3.94. The number of nitrogens with zero attached hydrogens (tertiary/aromatic N) is 1. The van der Waals surface area contributed by atoms with Gasteiger partial charge >= 0.3 is 0 Å². The fraction of sp³-hybridized carbons (Fsp3) is 0.500. The van der Waals surface area contributed by atoms with Gasteiger partial charge in [-0.05, 0) is 12.1 Å². The van der Waals surface area contributed by atoms with Gasteiger partial charge < -0.3 is 15.2 Å². The summed E-state index contributed by atoms with van der Waals surface area (Å²) in [5.74, 6) is -0.0424. The summed E-state index contributed by atoms with van der Waals surface area (Å²) in [4.78, 5) is 16.5. The Hall–Kier alpha value is -1.50. The number of para-hydroxylation sites is 1. The average molecular weight is 320 g/mol. The summed E-state index contributed by atoms with van der Waals surface area (Å²) in [5.41, 5.74) is 0.170. The summed E-state index contributed by atoms with van der Waals surface area (Å²) in [6.45, 7) is 1.41. The number of rotatable bonds is 5. The number of fused-ring (bicyclic) bond motifs is 1. The molecule has 0 unspecified atom stereocenters. The molecular formula is C16H20N2O3S. The molecule has 3 rings (SSSR count). The van der Waals surface area contributed by atoms with E-state index < -0.39 is 5.60 Å². The first-order chi connectivity index (χ1) is 10.6. The van der Waals surface area contributed by atoms with Gasteiger partial charge in [0.1, 0.15) is 0 Å². The minimum absolute atomic E-state index is 0.0424. The molecule has 2 aromatic rings. The van der Waals surface area contributed by atoms with Crippen molar-refractivity contribution in [2.24, 2.45) is 0 Å². The molecule has 0 saturated carbocycles. The van der Waals surface area contributed by atoms with Crippen LogP contribution in [-0.4, -0.2) is 41.4 Å². The van der Waals surface area contributed by atoms with Crippen molar-refractivity contribution in [1.29, 1.82) is 0 Å². The Kier molecular flexibility index (Phi) is 4.71. The SMILES string of the molecule is O=C(CCc1nc2ccccc2s1)NCC1(O)CCOCC1. The van der Waals surface area contributed by atoms with Gasteiger partial charge in [0.15, 0.2) is 0 Å². The molecule has 118 valence electrons. The van der Waals surface area contributed by atoms with E-state index in [1.54, 1.807) is 11.3 Å². The normalized spacial score (nSPS) is 17.5. The van der Waals surface area contributed by atoms with Crippen LogP contribution in [0.1, 0.15) is 24.3 Å². The van der Waals surface area contributed by atoms with Crippen LogP contribution < -0.4 is 5.32 Å². The van der Waals surface area contributed by atoms with Crippen molar-refractivity contribution in [2.45, 2.75) is 31.3 Å². The molecule has 0 radical (unpaired) electrons. The van der Waals surface area contributed by atoms with E-state index in [4.69, 9.17) is 4.74 Å². The highest BCUT2D eigenvalue weighted by molar-refractivity contribution is 7.18. The molecule has 0 aliphatic carbocycles. The summed E-state index contributed by atoms with van der Waals surface area (Å²) in [6.07, 6.45) is 2.18. The quantitative estimate of drug-likeness (QED) is 0.882. The molecular weight excluding hydrogens is 300 g/mol. The molecule has 1 aliphatic heterocycles. The Balaban J connectivity index is 1.47. The molecule has 6 heteroatoms. The van der Waals surface area contributed by atoms with Crippen LogP contribution in [0.4, 0.5) is 0 Å². The number of aromatic nitrogens is 1. The summed E-state index contributed by atoms with van der Waals surface area (Å²) in [6, 6.07) is 7.98. The molecule has 1 saturated heterocycles. The van der Waals surface area contributed by atoms with Crippen molar-refractivity contribution in [2.75, 3.05) is 19.8 Å². The lowest BCUT2D eigenvalue weighted by atomic mass is 9.94. The molecule has 22 heavy (non-hydrogen) atoms. The topological polar surface area (TPSA) is 71.5 Å². The molecule has 2 N–H and O–H groups in total. The van der Waals surface area contributed by atoms with Crippen molar-refractivity contribution in [3.63, 3.8) is 0 Å². The average Bonchev–Trinajstić information content (AvgIpc) is 2.95. The molecule has 1 amide bonds. The molecule has 2 heterocycles. The van der Waals surface area contributed by atoms with Gasteiger partial charge in [-0.2, -0.15) is 0 Å². The molecule has 5 nitrogen and oxygen atoms in total. The van der Waals surface area contributed by atoms with E-state index in [9.17, 15) is 9.90 Å². The van der Waals surface area contributed by atoms with Crippen molar-refractivity contribution in [3.8, 4) is 0 Å². The largest absolute Gasteiger partial charge is 0.388 e. The third kappa shape index (κ3) is 3.82. The summed E-state index contributed by atoms with van der Waals surface area (Å²) in [5, 5.41) is 14.1. The van der Waals surface area contributed by atoms with Crippen LogP contribution >= 0.6 is 11.3 Å². The lowest BCUT2D eigenvalue weighted by Crippen LogP contribution is -2.46. The summed E-state index contributed by atoms with van der Waals surface area (Å²) >= 11 is 1.63. The van der Waals surface area contributed by atoms with Crippen LogP contribution in [0.3, 0.4) is 0 Å². The number of carbonyl (C=O) groups excluding carboxylic acids is 1. The number of hydrogen-bond acceptors (Lipinski definition) is 5. The smallest absolute Gasteiger partial charge is 0.220 e. The second-order valence-corrected chi connectivity index (χ2v) is 6.80. The van der Waals surface area contributed by atoms with Gasteiger partial charge in [0.05, 0.1) is 20.8 Å². The number of aliphatic hydroxyl groups is 1. The lowest BCUT2D eigenvalue weighted by Gasteiger charge is -2.32. The number of aryl methyl sites for hydroxylation is 1. The number of hydrogen-bond donors (Lipinski definition) is 2. The van der Waals surface area contributed by atoms with Gasteiger partial charge in [-0.15, -0.1) is 11.3 Å². The van der Waals surface area contributed by atoms with E-state index in [0.29, 0.717) is 45.4 Å². The van der Waals surface area contributed by atoms with Crippen molar-refractivity contribution >= 4 is 27.5 Å². The zero-order valence-corrected chi connectivity index (χ0v) is 13.2. The maximum absolute atomic E-state index is 11.9. The zero-order chi connectivity index (χ0) is 15.4. The minimum Gasteiger partial charge on any atom is -0.388 e. The van der Waals surface area contributed by atoms with Crippen LogP contribution in [0.5, 0.6) is 0 Å². The molecule has 1 aromatic heterocycles. The maximum Gasteiger partial charge on any atom is 0.220 e. The Morgan fingerprint density at radius 1 is 1.36 bits per heavy atom. The fourth-order valence-corrected chi connectivity index (χ4v) is 3.49. The Labute approximate surface area is 133 Å². The molecule has 0 atom stereocenters. The van der Waals surface area contributed by atoms with E-state index in [1.165, 1.54) is 0 Å². The van der Waals surface area contributed by atoms with E-state index in [2.05, 4.69) is 10.3 Å². The van der Waals surface area contributed by atoms with Crippen LogP contribution in [0, 0.1) is 0 Å². The zero-order valence-electron chi connectivity index (χ0n) is 12.4. The first-order valence-corrected chi connectivity index (χ1v) is 8.38. The number of ether oxygens (including phenoxy) is 1. The van der Waals surface area contributed by atoms with Crippen LogP contribution in [0.2, 0.25) is 0 Å².